The van der Waals surface area contributed by atoms with Gasteiger partial charge < -0.3 is 9.80 Å². The number of carbonyl (C=O) groups is 1. The Morgan fingerprint density at radius 3 is 2.33 bits per heavy atom. The Labute approximate surface area is 162 Å². The summed E-state index contributed by atoms with van der Waals surface area (Å²) in [4.78, 5) is 20.7. The highest BCUT2D eigenvalue weighted by Gasteiger charge is 2.23. The van der Waals surface area contributed by atoms with E-state index in [2.05, 4.69) is 20.1 Å². The number of halogens is 1. The van der Waals surface area contributed by atoms with Crippen molar-refractivity contribution in [2.45, 2.75) is 0 Å². The first-order valence-corrected chi connectivity index (χ1v) is 9.12. The molecule has 1 aromatic carbocycles. The lowest BCUT2D eigenvalue weighted by Gasteiger charge is -2.35. The molecule has 27 heavy (non-hydrogen) atoms. The standard InChI is InChI=1S/C20H18ClN5O/c21-17-5-3-15(4-6-17)20(27)26-12-10-25(11-13-26)19-8-7-18(23-24-19)16-2-1-9-22-14-16/h1-9,14H,10-13H2. The number of rotatable bonds is 3. The second kappa shape index (κ2) is 7.72. The maximum Gasteiger partial charge on any atom is 0.253 e. The number of aromatic nitrogens is 3. The molecule has 3 aromatic rings. The van der Waals surface area contributed by atoms with Gasteiger partial charge in [-0.3, -0.25) is 9.78 Å². The van der Waals surface area contributed by atoms with E-state index in [1.165, 1.54) is 0 Å². The molecule has 3 heterocycles. The highest BCUT2D eigenvalue weighted by molar-refractivity contribution is 6.30. The Balaban J connectivity index is 1.39. The number of hydrogen-bond acceptors (Lipinski definition) is 5. The summed E-state index contributed by atoms with van der Waals surface area (Å²) in [5.41, 5.74) is 2.40. The minimum atomic E-state index is 0.0318. The first-order chi connectivity index (χ1) is 13.2. The van der Waals surface area contributed by atoms with Crippen LogP contribution in [0.25, 0.3) is 11.3 Å². The van der Waals surface area contributed by atoms with Crippen molar-refractivity contribution in [3.05, 3.63) is 71.5 Å². The highest BCUT2D eigenvalue weighted by atomic mass is 35.5. The van der Waals surface area contributed by atoms with Crippen molar-refractivity contribution < 1.29 is 4.79 Å². The van der Waals surface area contributed by atoms with Crippen molar-refractivity contribution in [1.82, 2.24) is 20.1 Å². The van der Waals surface area contributed by atoms with Gasteiger partial charge in [-0.05, 0) is 48.5 Å². The molecule has 1 saturated heterocycles. The summed E-state index contributed by atoms with van der Waals surface area (Å²) in [6, 6.07) is 14.8. The fourth-order valence-corrected chi connectivity index (χ4v) is 3.20. The number of nitrogens with zero attached hydrogens (tertiary/aromatic N) is 5. The van der Waals surface area contributed by atoms with Crippen LogP contribution in [-0.2, 0) is 0 Å². The first-order valence-electron chi connectivity index (χ1n) is 8.74. The fourth-order valence-electron chi connectivity index (χ4n) is 3.08. The molecule has 0 radical (unpaired) electrons. The summed E-state index contributed by atoms with van der Waals surface area (Å²) in [7, 11) is 0. The van der Waals surface area contributed by atoms with Crippen LogP contribution >= 0.6 is 11.6 Å². The molecule has 0 bridgehead atoms. The van der Waals surface area contributed by atoms with Crippen molar-refractivity contribution in [3.63, 3.8) is 0 Å². The minimum Gasteiger partial charge on any atom is -0.352 e. The third kappa shape index (κ3) is 3.90. The van der Waals surface area contributed by atoms with Crippen LogP contribution in [0.2, 0.25) is 5.02 Å². The molecule has 1 aliphatic rings. The van der Waals surface area contributed by atoms with Gasteiger partial charge in [0.1, 0.15) is 0 Å². The number of anilines is 1. The predicted molar refractivity (Wildman–Crippen MR) is 105 cm³/mol. The van der Waals surface area contributed by atoms with Gasteiger partial charge in [0.25, 0.3) is 5.91 Å². The first kappa shape index (κ1) is 17.4. The van der Waals surface area contributed by atoms with E-state index in [-0.39, 0.29) is 5.91 Å². The van der Waals surface area contributed by atoms with Crippen molar-refractivity contribution in [2.24, 2.45) is 0 Å². The molecular formula is C20H18ClN5O. The van der Waals surface area contributed by atoms with Gasteiger partial charge in [-0.2, -0.15) is 0 Å². The van der Waals surface area contributed by atoms with Crippen molar-refractivity contribution >= 4 is 23.3 Å². The molecule has 7 heteroatoms. The Morgan fingerprint density at radius 1 is 0.926 bits per heavy atom. The van der Waals surface area contributed by atoms with Crippen molar-refractivity contribution in [1.29, 1.82) is 0 Å². The van der Waals surface area contributed by atoms with E-state index in [0.29, 0.717) is 23.7 Å². The average Bonchev–Trinajstić information content (AvgIpc) is 2.75. The summed E-state index contributed by atoms with van der Waals surface area (Å²) in [5, 5.41) is 9.29. The Morgan fingerprint density at radius 2 is 1.70 bits per heavy atom. The molecule has 0 N–H and O–H groups in total. The minimum absolute atomic E-state index is 0.0318. The van der Waals surface area contributed by atoms with Gasteiger partial charge in [-0.25, -0.2) is 0 Å². The molecule has 4 rings (SSSR count). The number of pyridine rings is 1. The molecule has 0 spiro atoms. The van der Waals surface area contributed by atoms with Crippen LogP contribution in [0.3, 0.4) is 0 Å². The predicted octanol–water partition coefficient (Wildman–Crippen LogP) is 3.15. The zero-order valence-corrected chi connectivity index (χ0v) is 15.4. The van der Waals surface area contributed by atoms with Gasteiger partial charge in [0.2, 0.25) is 0 Å². The van der Waals surface area contributed by atoms with E-state index in [0.717, 1.165) is 30.2 Å². The fraction of sp³-hybridized carbons (Fsp3) is 0.200. The zero-order chi connectivity index (χ0) is 18.6. The molecule has 6 nitrogen and oxygen atoms in total. The lowest BCUT2D eigenvalue weighted by molar-refractivity contribution is 0.0746. The maximum atomic E-state index is 12.6. The SMILES string of the molecule is O=C(c1ccc(Cl)cc1)N1CCN(c2ccc(-c3cccnc3)nn2)CC1. The number of carbonyl (C=O) groups excluding carboxylic acids is 1. The third-order valence-corrected chi connectivity index (χ3v) is 4.84. The number of hydrogen-bond donors (Lipinski definition) is 0. The second-order valence-corrected chi connectivity index (χ2v) is 6.74. The smallest absolute Gasteiger partial charge is 0.253 e. The molecule has 0 unspecified atom stereocenters. The summed E-state index contributed by atoms with van der Waals surface area (Å²) in [5.74, 6) is 0.852. The van der Waals surface area contributed by atoms with E-state index in [1.54, 1.807) is 36.7 Å². The average molecular weight is 380 g/mol. The number of piperazine rings is 1. The zero-order valence-electron chi connectivity index (χ0n) is 14.6. The second-order valence-electron chi connectivity index (χ2n) is 6.30. The quantitative estimate of drug-likeness (QED) is 0.699. The molecule has 0 atom stereocenters. The highest BCUT2D eigenvalue weighted by Crippen LogP contribution is 2.19. The monoisotopic (exact) mass is 379 g/mol. The Kier molecular flexibility index (Phi) is 4.98. The van der Waals surface area contributed by atoms with E-state index >= 15 is 0 Å². The molecule has 1 fully saturated rings. The summed E-state index contributed by atoms with van der Waals surface area (Å²) < 4.78 is 0. The van der Waals surface area contributed by atoms with Crippen molar-refractivity contribution in [3.8, 4) is 11.3 Å². The lowest BCUT2D eigenvalue weighted by Crippen LogP contribution is -2.49. The van der Waals surface area contributed by atoms with Crippen LogP contribution in [0.4, 0.5) is 5.82 Å². The van der Waals surface area contributed by atoms with Crippen LogP contribution in [0.1, 0.15) is 10.4 Å². The normalized spacial score (nSPS) is 14.3. The number of benzene rings is 1. The van der Waals surface area contributed by atoms with Crippen LogP contribution in [0.5, 0.6) is 0 Å². The molecule has 0 saturated carbocycles. The van der Waals surface area contributed by atoms with Gasteiger partial charge in [0.05, 0.1) is 5.69 Å². The molecule has 0 aliphatic carbocycles. The topological polar surface area (TPSA) is 62.2 Å². The Bertz CT molecular complexity index is 907. The van der Waals surface area contributed by atoms with Gasteiger partial charge >= 0.3 is 0 Å². The van der Waals surface area contributed by atoms with Crippen LogP contribution in [0.15, 0.2) is 60.9 Å². The largest absolute Gasteiger partial charge is 0.352 e. The molecule has 136 valence electrons. The molecule has 1 amide bonds. The van der Waals surface area contributed by atoms with Gasteiger partial charge in [0, 0.05) is 54.7 Å². The molecule has 1 aliphatic heterocycles. The van der Waals surface area contributed by atoms with Gasteiger partial charge in [-0.15, -0.1) is 10.2 Å². The van der Waals surface area contributed by atoms with Crippen LogP contribution in [0, 0.1) is 0 Å². The van der Waals surface area contributed by atoms with Crippen LogP contribution < -0.4 is 4.90 Å². The van der Waals surface area contributed by atoms with Crippen molar-refractivity contribution in [2.75, 3.05) is 31.1 Å². The van der Waals surface area contributed by atoms with E-state index in [9.17, 15) is 4.79 Å². The van der Waals surface area contributed by atoms with Gasteiger partial charge in [-0.1, -0.05) is 11.6 Å². The van der Waals surface area contributed by atoms with E-state index < -0.39 is 0 Å². The van der Waals surface area contributed by atoms with Gasteiger partial charge in [0.15, 0.2) is 5.82 Å². The third-order valence-electron chi connectivity index (χ3n) is 4.59. The Hall–Kier alpha value is -2.99. The molecule has 2 aromatic heterocycles. The molecular weight excluding hydrogens is 362 g/mol. The van der Waals surface area contributed by atoms with E-state index in [4.69, 9.17) is 11.6 Å². The summed E-state index contributed by atoms with van der Waals surface area (Å²) in [6.45, 7) is 2.74. The summed E-state index contributed by atoms with van der Waals surface area (Å²) >= 11 is 5.89. The lowest BCUT2D eigenvalue weighted by atomic mass is 10.2. The number of amides is 1. The summed E-state index contributed by atoms with van der Waals surface area (Å²) in [6.07, 6.45) is 3.50. The van der Waals surface area contributed by atoms with E-state index in [1.807, 2.05) is 29.2 Å². The maximum absolute atomic E-state index is 12.6. The van der Waals surface area contributed by atoms with Crippen LogP contribution in [-0.4, -0.2) is 52.2 Å².